The van der Waals surface area contributed by atoms with E-state index in [0.717, 1.165) is 26.2 Å². The molecule has 0 aromatic heterocycles. The Morgan fingerprint density at radius 1 is 0.881 bits per heavy atom. The maximum atomic E-state index is 13.7. The minimum absolute atomic E-state index is 0.0194. The first-order valence-electron chi connectivity index (χ1n) is 14.1. The van der Waals surface area contributed by atoms with E-state index in [-0.39, 0.29) is 23.8 Å². The van der Waals surface area contributed by atoms with Crippen molar-refractivity contribution in [3.05, 3.63) is 82.4 Å². The van der Waals surface area contributed by atoms with Gasteiger partial charge in [0.1, 0.15) is 36.3 Å². The zero-order chi connectivity index (χ0) is 29.1. The van der Waals surface area contributed by atoms with Gasteiger partial charge in [-0.2, -0.15) is 0 Å². The average Bonchev–Trinajstić information content (AvgIpc) is 3.27. The maximum absolute atomic E-state index is 13.7. The molecule has 3 aliphatic rings. The van der Waals surface area contributed by atoms with E-state index in [4.69, 9.17) is 14.2 Å². The molecule has 1 spiro atoms. The van der Waals surface area contributed by atoms with Crippen molar-refractivity contribution < 1.29 is 33.3 Å². The van der Waals surface area contributed by atoms with E-state index in [1.807, 2.05) is 0 Å². The van der Waals surface area contributed by atoms with E-state index in [2.05, 4.69) is 16.0 Å². The highest BCUT2D eigenvalue weighted by Crippen LogP contribution is 2.57. The summed E-state index contributed by atoms with van der Waals surface area (Å²) in [5.74, 6) is 0.280. The fourth-order valence-electron chi connectivity index (χ4n) is 5.73. The van der Waals surface area contributed by atoms with E-state index in [9.17, 15) is 19.1 Å². The number of carbonyl (C=O) groups is 2. The Balaban J connectivity index is 1.37. The standard InChI is InChI=1S/C31H33FN4O6/c32-7-16-40-22-3-6-26-28(19-22)41-27-18-21(37)2-5-25(27)31(26)24-4-1-20(17-23(24)30(39)42-31)29(38)36-14-12-34-10-8-33-9-11-35-13-15-36/h1-6,17-19,33-35,37H,7-16H2. The number of amides is 1. The first kappa shape index (κ1) is 28.0. The predicted molar refractivity (Wildman–Crippen MR) is 152 cm³/mol. The molecule has 6 rings (SSSR count). The van der Waals surface area contributed by atoms with Gasteiger partial charge in [0.2, 0.25) is 0 Å². The number of fused-ring (bicyclic) bond motifs is 6. The molecule has 10 nitrogen and oxygen atoms in total. The van der Waals surface area contributed by atoms with Crippen LogP contribution in [0.3, 0.4) is 0 Å². The fourth-order valence-corrected chi connectivity index (χ4v) is 5.73. The maximum Gasteiger partial charge on any atom is 0.340 e. The lowest BCUT2D eigenvalue weighted by molar-refractivity contribution is 0.0224. The van der Waals surface area contributed by atoms with Gasteiger partial charge in [0.05, 0.1) is 5.56 Å². The van der Waals surface area contributed by atoms with Gasteiger partial charge in [-0.25, -0.2) is 9.18 Å². The van der Waals surface area contributed by atoms with Crippen LogP contribution in [0.25, 0.3) is 0 Å². The monoisotopic (exact) mass is 576 g/mol. The van der Waals surface area contributed by atoms with Gasteiger partial charge in [0, 0.05) is 86.7 Å². The smallest absolute Gasteiger partial charge is 0.340 e. The molecule has 3 aromatic carbocycles. The van der Waals surface area contributed by atoms with E-state index >= 15 is 0 Å². The van der Waals surface area contributed by atoms with Crippen molar-refractivity contribution >= 4 is 11.9 Å². The Labute approximate surface area is 242 Å². The summed E-state index contributed by atoms with van der Waals surface area (Å²) in [6.07, 6.45) is 0. The molecule has 0 bridgehead atoms. The fraction of sp³-hybridized carbons (Fsp3) is 0.355. The minimum Gasteiger partial charge on any atom is -0.508 e. The molecule has 1 fully saturated rings. The summed E-state index contributed by atoms with van der Waals surface area (Å²) in [5, 5.41) is 20.3. The van der Waals surface area contributed by atoms with Crippen molar-refractivity contribution in [1.82, 2.24) is 20.9 Å². The van der Waals surface area contributed by atoms with Gasteiger partial charge in [-0.15, -0.1) is 0 Å². The van der Waals surface area contributed by atoms with Crippen LogP contribution >= 0.6 is 0 Å². The highest BCUT2D eigenvalue weighted by molar-refractivity contribution is 6.01. The van der Waals surface area contributed by atoms with Crippen molar-refractivity contribution in [1.29, 1.82) is 0 Å². The summed E-state index contributed by atoms with van der Waals surface area (Å²) in [7, 11) is 0. The number of benzene rings is 3. The number of aromatic hydroxyl groups is 1. The second-order valence-electron chi connectivity index (χ2n) is 10.4. The summed E-state index contributed by atoms with van der Waals surface area (Å²) >= 11 is 0. The van der Waals surface area contributed by atoms with Gasteiger partial charge >= 0.3 is 5.97 Å². The summed E-state index contributed by atoms with van der Waals surface area (Å²) in [6.45, 7) is 4.93. The molecule has 0 saturated carbocycles. The van der Waals surface area contributed by atoms with Crippen LogP contribution in [0.5, 0.6) is 23.0 Å². The molecule has 1 atom stereocenters. The summed E-state index contributed by atoms with van der Waals surface area (Å²) in [4.78, 5) is 29.0. The van der Waals surface area contributed by atoms with E-state index < -0.39 is 18.2 Å². The number of hydrogen-bond donors (Lipinski definition) is 4. The normalized spacial score (nSPS) is 20.3. The molecule has 42 heavy (non-hydrogen) atoms. The third-order valence-electron chi connectivity index (χ3n) is 7.72. The van der Waals surface area contributed by atoms with Crippen LogP contribution in [-0.2, 0) is 10.3 Å². The molecule has 3 heterocycles. The Kier molecular flexibility index (Phi) is 7.96. The summed E-state index contributed by atoms with van der Waals surface area (Å²) < 4.78 is 30.5. The van der Waals surface area contributed by atoms with Crippen molar-refractivity contribution in [3.8, 4) is 23.0 Å². The third kappa shape index (κ3) is 5.15. The Hall–Kier alpha value is -4.19. The molecule has 0 aliphatic carbocycles. The Bertz CT molecular complexity index is 1490. The number of alkyl halides is 1. The number of hydrogen-bond acceptors (Lipinski definition) is 9. The van der Waals surface area contributed by atoms with Crippen LogP contribution in [0.15, 0.2) is 54.6 Å². The number of nitrogens with zero attached hydrogens (tertiary/aromatic N) is 1. The van der Waals surface area contributed by atoms with Crippen LogP contribution in [0.4, 0.5) is 4.39 Å². The number of esters is 1. The lowest BCUT2D eigenvalue weighted by Crippen LogP contribution is -2.44. The quantitative estimate of drug-likeness (QED) is 0.347. The number of ether oxygens (including phenoxy) is 3. The van der Waals surface area contributed by atoms with Crippen molar-refractivity contribution in [2.75, 3.05) is 65.6 Å². The van der Waals surface area contributed by atoms with Crippen LogP contribution < -0.4 is 25.4 Å². The topological polar surface area (TPSA) is 121 Å². The Morgan fingerprint density at radius 3 is 2.24 bits per heavy atom. The molecule has 4 N–H and O–H groups in total. The third-order valence-corrected chi connectivity index (χ3v) is 7.72. The SMILES string of the molecule is O=C1OC2(c3ccc(O)cc3Oc3cc(OCCF)ccc32)c2ccc(C(=O)N3CCNCCNCCNCC3)cc21. The lowest BCUT2D eigenvalue weighted by atomic mass is 9.77. The van der Waals surface area contributed by atoms with Crippen molar-refractivity contribution in [2.24, 2.45) is 0 Å². The largest absolute Gasteiger partial charge is 0.508 e. The molecule has 0 radical (unpaired) electrons. The molecule has 3 aromatic rings. The second-order valence-corrected chi connectivity index (χ2v) is 10.4. The van der Waals surface area contributed by atoms with Crippen LogP contribution in [0.2, 0.25) is 0 Å². The van der Waals surface area contributed by atoms with Crippen molar-refractivity contribution in [3.63, 3.8) is 0 Å². The number of phenolic OH excluding ortho intramolecular Hbond substituents is 1. The molecule has 1 amide bonds. The zero-order valence-corrected chi connectivity index (χ0v) is 23.1. The molecule has 11 heteroatoms. The van der Waals surface area contributed by atoms with Crippen LogP contribution in [-0.4, -0.2) is 87.5 Å². The number of carbonyl (C=O) groups excluding carboxylic acids is 2. The van der Waals surface area contributed by atoms with Crippen molar-refractivity contribution in [2.45, 2.75) is 5.60 Å². The number of halogens is 1. The second kappa shape index (κ2) is 12.0. The molecular formula is C31H33FN4O6. The van der Waals surface area contributed by atoms with Crippen LogP contribution in [0.1, 0.15) is 37.4 Å². The predicted octanol–water partition coefficient (Wildman–Crippen LogP) is 2.53. The first-order chi connectivity index (χ1) is 20.5. The summed E-state index contributed by atoms with van der Waals surface area (Å²) in [6, 6.07) is 14.7. The van der Waals surface area contributed by atoms with Gasteiger partial charge in [-0.3, -0.25) is 4.79 Å². The molecule has 3 aliphatic heterocycles. The summed E-state index contributed by atoms with van der Waals surface area (Å²) in [5.41, 5.74) is 0.938. The molecule has 220 valence electrons. The molecule has 1 saturated heterocycles. The first-order valence-corrected chi connectivity index (χ1v) is 14.1. The lowest BCUT2D eigenvalue weighted by Gasteiger charge is -2.36. The molecule has 1 unspecified atom stereocenters. The van der Waals surface area contributed by atoms with Gasteiger partial charge < -0.3 is 40.2 Å². The van der Waals surface area contributed by atoms with Gasteiger partial charge in [-0.1, -0.05) is 6.07 Å². The number of rotatable bonds is 4. The van der Waals surface area contributed by atoms with Crippen LogP contribution in [0, 0.1) is 0 Å². The average molecular weight is 577 g/mol. The number of phenols is 1. The number of nitrogens with one attached hydrogen (secondary N) is 3. The van der Waals surface area contributed by atoms with E-state index in [1.54, 1.807) is 47.4 Å². The molecular weight excluding hydrogens is 543 g/mol. The minimum atomic E-state index is -1.38. The van der Waals surface area contributed by atoms with Gasteiger partial charge in [0.25, 0.3) is 5.91 Å². The van der Waals surface area contributed by atoms with E-state index in [0.29, 0.717) is 65.7 Å². The highest BCUT2D eigenvalue weighted by atomic mass is 19.1. The van der Waals surface area contributed by atoms with Gasteiger partial charge in [-0.05, 0) is 36.4 Å². The van der Waals surface area contributed by atoms with Gasteiger partial charge in [0.15, 0.2) is 5.60 Å². The highest BCUT2D eigenvalue weighted by Gasteiger charge is 2.53. The zero-order valence-electron chi connectivity index (χ0n) is 23.1. The Morgan fingerprint density at radius 2 is 1.52 bits per heavy atom. The van der Waals surface area contributed by atoms with E-state index in [1.165, 1.54) is 12.1 Å².